The van der Waals surface area contributed by atoms with Gasteiger partial charge in [-0.3, -0.25) is 9.69 Å². The van der Waals surface area contributed by atoms with Gasteiger partial charge in [0.1, 0.15) is 11.5 Å². The number of anilines is 1. The maximum absolute atomic E-state index is 13.5. The van der Waals surface area contributed by atoms with Gasteiger partial charge in [0.25, 0.3) is 0 Å². The summed E-state index contributed by atoms with van der Waals surface area (Å²) in [6.07, 6.45) is 6.13. The first-order valence-electron chi connectivity index (χ1n) is 13.8. The van der Waals surface area contributed by atoms with Crippen LogP contribution in [0.2, 0.25) is 0 Å². The molecular weight excluding hydrogens is 466 g/mol. The highest BCUT2D eigenvalue weighted by Crippen LogP contribution is 2.52. The summed E-state index contributed by atoms with van der Waals surface area (Å²) in [5, 5.41) is 10.4. The number of carbonyl (C=O) groups is 1. The third-order valence-corrected chi connectivity index (χ3v) is 9.22. The van der Waals surface area contributed by atoms with Crippen molar-refractivity contribution in [1.29, 1.82) is 0 Å². The van der Waals surface area contributed by atoms with Crippen molar-refractivity contribution in [3.63, 3.8) is 0 Å². The molecule has 3 aliphatic heterocycles. The van der Waals surface area contributed by atoms with Crippen LogP contribution in [0.25, 0.3) is 0 Å². The number of aliphatic hydroxyl groups is 1. The Morgan fingerprint density at radius 2 is 1.86 bits per heavy atom. The maximum atomic E-state index is 13.5. The fourth-order valence-electron chi connectivity index (χ4n) is 6.54. The number of benzene rings is 1. The van der Waals surface area contributed by atoms with Gasteiger partial charge in [0.15, 0.2) is 5.76 Å². The van der Waals surface area contributed by atoms with Crippen LogP contribution in [0.4, 0.5) is 5.69 Å². The molecular formula is C30H39N3O4. The molecule has 3 heterocycles. The van der Waals surface area contributed by atoms with Crippen LogP contribution in [-0.4, -0.2) is 80.2 Å². The lowest BCUT2D eigenvalue weighted by molar-refractivity contribution is -0.113. The predicted molar refractivity (Wildman–Crippen MR) is 144 cm³/mol. The van der Waals surface area contributed by atoms with E-state index in [0.717, 1.165) is 45.0 Å². The molecule has 1 N–H and O–H groups in total. The van der Waals surface area contributed by atoms with Crippen LogP contribution >= 0.6 is 0 Å². The molecule has 7 nitrogen and oxygen atoms in total. The van der Waals surface area contributed by atoms with Gasteiger partial charge in [-0.1, -0.05) is 13.8 Å². The Balaban J connectivity index is 1.31. The minimum Gasteiger partial charge on any atom is -0.512 e. The molecule has 0 amide bonds. The number of allylic oxidation sites excluding steroid dienone is 3. The lowest BCUT2D eigenvalue weighted by Gasteiger charge is -2.36. The summed E-state index contributed by atoms with van der Waals surface area (Å²) in [5.74, 6) is 2.49. The Kier molecular flexibility index (Phi) is 6.32. The van der Waals surface area contributed by atoms with Gasteiger partial charge in [-0.15, -0.1) is 0 Å². The zero-order valence-corrected chi connectivity index (χ0v) is 22.4. The molecule has 1 aromatic rings. The van der Waals surface area contributed by atoms with Crippen molar-refractivity contribution in [2.45, 2.75) is 38.6 Å². The minimum atomic E-state index is -0.0913. The number of ketones is 1. The molecule has 2 aliphatic carbocycles. The molecule has 0 spiro atoms. The topological polar surface area (TPSA) is 65.5 Å². The molecule has 4 unspecified atom stereocenters. The quantitative estimate of drug-likeness (QED) is 0.584. The average Bonchev–Trinajstić information content (AvgIpc) is 3.63. The van der Waals surface area contributed by atoms with Crippen LogP contribution in [-0.2, 0) is 9.53 Å². The highest BCUT2D eigenvalue weighted by atomic mass is 16.5. The van der Waals surface area contributed by atoms with Crippen molar-refractivity contribution in [3.05, 3.63) is 58.8 Å². The van der Waals surface area contributed by atoms with Gasteiger partial charge < -0.3 is 24.4 Å². The molecule has 37 heavy (non-hydrogen) atoms. The zero-order valence-electron chi connectivity index (χ0n) is 22.4. The number of rotatable bonds is 6. The standard InChI is InChI=1S/C30H39N3O4/c1-18-19(2)28-26(17-25(18)34)37-27(30(28)35)16-23-22-15-21(36-4)7-8-24(22)33(29(23)20-5-6-20)14-13-32-11-9-31(3)10-12-32/h7-8,15-20,23,29,34H,5-6,9-14H2,1-4H3/b27-16-. The molecule has 5 aliphatic rings. The Bertz CT molecular complexity index is 1180. The van der Waals surface area contributed by atoms with Crippen molar-refractivity contribution in [2.24, 2.45) is 17.8 Å². The molecule has 198 valence electrons. The van der Waals surface area contributed by atoms with Crippen LogP contribution < -0.4 is 9.64 Å². The molecule has 0 aromatic heterocycles. The van der Waals surface area contributed by atoms with E-state index in [9.17, 15) is 9.90 Å². The zero-order chi connectivity index (χ0) is 25.8. The van der Waals surface area contributed by atoms with Gasteiger partial charge in [-0.2, -0.15) is 0 Å². The SMILES string of the molecule is COc1ccc2c(c1)C(/C=C1\OC3=C(C1=O)C(C)C(C)C(O)=C3)C(C1CC1)N2CCN1CCN(C)CC1. The number of ether oxygens (including phenoxy) is 2. The lowest BCUT2D eigenvalue weighted by atomic mass is 9.81. The fraction of sp³-hybridized carbons (Fsp3) is 0.567. The Hall–Kier alpha value is -2.77. The first-order chi connectivity index (χ1) is 17.9. The van der Waals surface area contributed by atoms with Gasteiger partial charge in [-0.25, -0.2) is 0 Å². The Morgan fingerprint density at radius 1 is 1.11 bits per heavy atom. The van der Waals surface area contributed by atoms with E-state index >= 15 is 0 Å². The van der Waals surface area contributed by atoms with E-state index in [4.69, 9.17) is 9.47 Å². The third-order valence-electron chi connectivity index (χ3n) is 9.22. The predicted octanol–water partition coefficient (Wildman–Crippen LogP) is 4.09. The van der Waals surface area contributed by atoms with Crippen LogP contribution in [0.5, 0.6) is 5.75 Å². The van der Waals surface area contributed by atoms with Gasteiger partial charge in [0.2, 0.25) is 5.78 Å². The summed E-state index contributed by atoms with van der Waals surface area (Å²) in [4.78, 5) is 21.1. The Morgan fingerprint density at radius 3 is 2.57 bits per heavy atom. The largest absolute Gasteiger partial charge is 0.512 e. The number of likely N-dealkylation sites (N-methyl/N-ethyl adjacent to an activating group) is 1. The van der Waals surface area contributed by atoms with Crippen LogP contribution in [0, 0.1) is 17.8 Å². The van der Waals surface area contributed by atoms with E-state index in [1.165, 1.54) is 24.1 Å². The second-order valence-corrected chi connectivity index (χ2v) is 11.5. The summed E-state index contributed by atoms with van der Waals surface area (Å²) >= 11 is 0. The number of piperazine rings is 1. The molecule has 2 fully saturated rings. The summed E-state index contributed by atoms with van der Waals surface area (Å²) in [6.45, 7) is 10.4. The fourth-order valence-corrected chi connectivity index (χ4v) is 6.54. The molecule has 1 aromatic carbocycles. The monoisotopic (exact) mass is 505 g/mol. The molecule has 6 rings (SSSR count). The highest BCUT2D eigenvalue weighted by molar-refractivity contribution is 6.10. The normalized spacial score (nSPS) is 31.5. The first kappa shape index (κ1) is 24.6. The third kappa shape index (κ3) is 4.36. The number of hydrogen-bond donors (Lipinski definition) is 1. The number of fused-ring (bicyclic) bond motifs is 1. The average molecular weight is 506 g/mol. The minimum absolute atomic E-state index is 0.0343. The van der Waals surface area contributed by atoms with Gasteiger partial charge in [0, 0.05) is 74.5 Å². The van der Waals surface area contributed by atoms with Crippen molar-refractivity contribution in [3.8, 4) is 5.75 Å². The molecule has 7 heteroatoms. The molecule has 0 bridgehead atoms. The smallest absolute Gasteiger partial charge is 0.227 e. The summed E-state index contributed by atoms with van der Waals surface area (Å²) < 4.78 is 11.8. The first-order valence-corrected chi connectivity index (χ1v) is 13.8. The van der Waals surface area contributed by atoms with E-state index in [2.05, 4.69) is 46.0 Å². The highest BCUT2D eigenvalue weighted by Gasteiger charge is 2.48. The molecule has 4 atom stereocenters. The second kappa shape index (κ2) is 9.52. The lowest BCUT2D eigenvalue weighted by Crippen LogP contribution is -2.48. The van der Waals surface area contributed by atoms with E-state index in [1.54, 1.807) is 13.2 Å². The van der Waals surface area contributed by atoms with Crippen molar-refractivity contribution >= 4 is 11.5 Å². The summed E-state index contributed by atoms with van der Waals surface area (Å²) in [7, 11) is 3.90. The summed E-state index contributed by atoms with van der Waals surface area (Å²) in [5.41, 5.74) is 3.15. The van der Waals surface area contributed by atoms with Crippen LogP contribution in [0.3, 0.4) is 0 Å². The van der Waals surface area contributed by atoms with Crippen LogP contribution in [0.1, 0.15) is 38.2 Å². The van der Waals surface area contributed by atoms with E-state index in [1.807, 2.05) is 13.8 Å². The number of aliphatic hydroxyl groups excluding tert-OH is 1. The number of carbonyl (C=O) groups excluding carboxylic acids is 1. The van der Waals surface area contributed by atoms with E-state index < -0.39 is 0 Å². The van der Waals surface area contributed by atoms with Gasteiger partial charge >= 0.3 is 0 Å². The second-order valence-electron chi connectivity index (χ2n) is 11.5. The van der Waals surface area contributed by atoms with Gasteiger partial charge in [-0.05, 0) is 61.6 Å². The van der Waals surface area contributed by atoms with Crippen molar-refractivity contribution < 1.29 is 19.4 Å². The molecule has 1 saturated heterocycles. The Labute approximate surface area is 220 Å². The summed E-state index contributed by atoms with van der Waals surface area (Å²) in [6, 6.07) is 6.69. The van der Waals surface area contributed by atoms with Gasteiger partial charge in [0.05, 0.1) is 12.9 Å². The number of methoxy groups -OCH3 is 1. The van der Waals surface area contributed by atoms with Crippen LogP contribution in [0.15, 0.2) is 53.2 Å². The van der Waals surface area contributed by atoms with E-state index in [0.29, 0.717) is 29.1 Å². The van der Waals surface area contributed by atoms with E-state index in [-0.39, 0.29) is 29.3 Å². The molecule has 1 saturated carbocycles. The van der Waals surface area contributed by atoms with Crippen molar-refractivity contribution in [2.75, 3.05) is 58.3 Å². The number of nitrogens with zero attached hydrogens (tertiary/aromatic N) is 3. The molecule has 0 radical (unpaired) electrons. The number of hydrogen-bond acceptors (Lipinski definition) is 7. The maximum Gasteiger partial charge on any atom is 0.227 e. The van der Waals surface area contributed by atoms with Crippen molar-refractivity contribution in [1.82, 2.24) is 9.80 Å². The number of Topliss-reactive ketones (excluding diaryl/α,β-unsaturated/α-hetero) is 1.